The molecule has 1 aromatic carbocycles. The van der Waals surface area contributed by atoms with E-state index in [2.05, 4.69) is 51.0 Å². The predicted molar refractivity (Wildman–Crippen MR) is 117 cm³/mol. The largest absolute Gasteiger partial charge is 0.395 e. The Labute approximate surface area is 173 Å². The van der Waals surface area contributed by atoms with Crippen molar-refractivity contribution < 1.29 is 9.90 Å². The molecule has 29 heavy (non-hydrogen) atoms. The van der Waals surface area contributed by atoms with Gasteiger partial charge >= 0.3 is 0 Å². The minimum atomic E-state index is 0.0111. The molecule has 7 heteroatoms. The van der Waals surface area contributed by atoms with Gasteiger partial charge in [0.1, 0.15) is 5.84 Å². The van der Waals surface area contributed by atoms with E-state index in [9.17, 15) is 4.79 Å². The number of aliphatic hydroxyl groups excluding tert-OH is 1. The highest BCUT2D eigenvalue weighted by atomic mass is 16.3. The van der Waals surface area contributed by atoms with Gasteiger partial charge in [0.15, 0.2) is 0 Å². The number of carbonyl (C=O) groups excluding carboxylic acids is 1. The molecule has 2 aliphatic rings. The number of allylic oxidation sites excluding steroid dienone is 2. The number of piperazine rings is 1. The lowest BCUT2D eigenvalue weighted by Crippen LogP contribution is -2.50. The monoisotopic (exact) mass is 397 g/mol. The van der Waals surface area contributed by atoms with Crippen molar-refractivity contribution in [3.05, 3.63) is 54.3 Å². The van der Waals surface area contributed by atoms with Crippen LogP contribution in [0.3, 0.4) is 0 Å². The summed E-state index contributed by atoms with van der Waals surface area (Å²) in [5.41, 5.74) is 3.33. The summed E-state index contributed by atoms with van der Waals surface area (Å²) in [6, 6.07) is 8.47. The zero-order valence-electron chi connectivity index (χ0n) is 17.2. The number of anilines is 1. The van der Waals surface area contributed by atoms with Crippen molar-refractivity contribution in [1.29, 1.82) is 0 Å². The summed E-state index contributed by atoms with van der Waals surface area (Å²) < 4.78 is 0. The Morgan fingerprint density at radius 3 is 2.62 bits per heavy atom. The van der Waals surface area contributed by atoms with Gasteiger partial charge in [0.25, 0.3) is 0 Å². The van der Waals surface area contributed by atoms with Crippen LogP contribution in [-0.4, -0.2) is 85.6 Å². The van der Waals surface area contributed by atoms with Crippen molar-refractivity contribution in [2.24, 2.45) is 4.99 Å². The fourth-order valence-electron chi connectivity index (χ4n) is 3.66. The molecular formula is C22H31N5O2. The first-order chi connectivity index (χ1) is 14.1. The normalized spacial score (nSPS) is 18.5. The number of amides is 1. The van der Waals surface area contributed by atoms with E-state index in [1.807, 2.05) is 13.0 Å². The average Bonchev–Trinajstić information content (AvgIpc) is 3.21. The summed E-state index contributed by atoms with van der Waals surface area (Å²) in [5.74, 6) is 0.991. The van der Waals surface area contributed by atoms with Gasteiger partial charge in [0.2, 0.25) is 5.91 Å². The van der Waals surface area contributed by atoms with Crippen LogP contribution in [-0.2, 0) is 4.79 Å². The van der Waals surface area contributed by atoms with Gasteiger partial charge in [-0.25, -0.2) is 0 Å². The van der Waals surface area contributed by atoms with Gasteiger partial charge in [0, 0.05) is 56.2 Å². The fourth-order valence-corrected chi connectivity index (χ4v) is 3.66. The molecular weight excluding hydrogens is 366 g/mol. The Morgan fingerprint density at radius 2 is 2.00 bits per heavy atom. The second-order valence-corrected chi connectivity index (χ2v) is 7.22. The first-order valence-corrected chi connectivity index (χ1v) is 10.2. The van der Waals surface area contributed by atoms with Crippen molar-refractivity contribution in [3.63, 3.8) is 0 Å². The number of rotatable bonds is 8. The number of aliphatic imine (C=N–C) groups is 1. The highest BCUT2D eigenvalue weighted by Gasteiger charge is 2.21. The summed E-state index contributed by atoms with van der Waals surface area (Å²) in [7, 11) is 0. The van der Waals surface area contributed by atoms with Crippen molar-refractivity contribution in [2.45, 2.75) is 6.92 Å². The molecule has 0 radical (unpaired) electrons. The van der Waals surface area contributed by atoms with Crippen LogP contribution in [0.1, 0.15) is 12.5 Å². The van der Waals surface area contributed by atoms with E-state index in [-0.39, 0.29) is 12.5 Å². The van der Waals surface area contributed by atoms with Crippen LogP contribution in [0.25, 0.3) is 0 Å². The summed E-state index contributed by atoms with van der Waals surface area (Å²) in [5, 5.41) is 12.4. The zero-order chi connectivity index (χ0) is 20.6. The number of hydrogen-bond acceptors (Lipinski definition) is 6. The van der Waals surface area contributed by atoms with E-state index >= 15 is 0 Å². The number of likely N-dealkylation sites (N-methyl/N-ethyl adjacent to an activating group) is 1. The number of nitrogens with one attached hydrogen (secondary N) is 1. The van der Waals surface area contributed by atoms with E-state index < -0.39 is 0 Å². The molecule has 3 rings (SSSR count). The van der Waals surface area contributed by atoms with E-state index in [0.717, 1.165) is 43.3 Å². The molecule has 7 nitrogen and oxygen atoms in total. The van der Waals surface area contributed by atoms with Crippen LogP contribution in [0, 0.1) is 0 Å². The standard InChI is InChI=1S/C22H31N5O2/c1-3-5-19-16-23-22(24-19)18-6-8-20(9-7-18)27-12-10-25(11-13-27)17-21(29)26(4-2)14-15-28/h3,5-9,28H,1,4,10-17H2,2H3,(H,23,24)/b19-5+. The highest BCUT2D eigenvalue weighted by molar-refractivity contribution is 6.01. The van der Waals surface area contributed by atoms with Crippen LogP contribution in [0.15, 0.2) is 53.7 Å². The second kappa shape index (κ2) is 10.2. The van der Waals surface area contributed by atoms with Gasteiger partial charge in [-0.1, -0.05) is 12.7 Å². The van der Waals surface area contributed by atoms with Crippen LogP contribution in [0.2, 0.25) is 0 Å². The highest BCUT2D eigenvalue weighted by Crippen LogP contribution is 2.19. The minimum absolute atomic E-state index is 0.0111. The molecule has 1 aromatic rings. The maximum Gasteiger partial charge on any atom is 0.236 e. The lowest BCUT2D eigenvalue weighted by atomic mass is 10.1. The fraction of sp³-hybridized carbons (Fsp3) is 0.455. The molecule has 0 spiro atoms. The van der Waals surface area contributed by atoms with Gasteiger partial charge in [0.05, 0.1) is 19.7 Å². The molecule has 0 aliphatic carbocycles. The van der Waals surface area contributed by atoms with Crippen LogP contribution < -0.4 is 10.2 Å². The first-order valence-electron chi connectivity index (χ1n) is 10.2. The Hall–Kier alpha value is -2.64. The molecule has 2 heterocycles. The third kappa shape index (κ3) is 5.46. The third-order valence-electron chi connectivity index (χ3n) is 5.35. The Balaban J connectivity index is 1.50. The first kappa shape index (κ1) is 21.1. The Morgan fingerprint density at radius 1 is 1.28 bits per heavy atom. The van der Waals surface area contributed by atoms with E-state index in [1.165, 1.54) is 5.69 Å². The van der Waals surface area contributed by atoms with Crippen molar-refractivity contribution >= 4 is 17.4 Å². The van der Waals surface area contributed by atoms with E-state index in [4.69, 9.17) is 5.11 Å². The maximum atomic E-state index is 12.3. The van der Waals surface area contributed by atoms with Crippen molar-refractivity contribution in [1.82, 2.24) is 15.1 Å². The average molecular weight is 398 g/mol. The molecule has 156 valence electrons. The molecule has 0 atom stereocenters. The molecule has 1 amide bonds. The lowest BCUT2D eigenvalue weighted by Gasteiger charge is -2.36. The molecule has 0 bridgehead atoms. The molecule has 0 saturated carbocycles. The molecule has 1 saturated heterocycles. The third-order valence-corrected chi connectivity index (χ3v) is 5.35. The van der Waals surface area contributed by atoms with Gasteiger partial charge in [-0.15, -0.1) is 0 Å². The summed E-state index contributed by atoms with van der Waals surface area (Å²) in [6.07, 6.45) is 3.71. The van der Waals surface area contributed by atoms with Crippen molar-refractivity contribution in [2.75, 3.05) is 63.9 Å². The van der Waals surface area contributed by atoms with Gasteiger partial charge in [-0.2, -0.15) is 0 Å². The second-order valence-electron chi connectivity index (χ2n) is 7.22. The van der Waals surface area contributed by atoms with Gasteiger partial charge < -0.3 is 20.2 Å². The molecule has 0 aromatic heterocycles. The molecule has 2 aliphatic heterocycles. The number of benzene rings is 1. The van der Waals surface area contributed by atoms with Crippen LogP contribution in [0.5, 0.6) is 0 Å². The van der Waals surface area contributed by atoms with Crippen LogP contribution in [0.4, 0.5) is 5.69 Å². The predicted octanol–water partition coefficient (Wildman–Crippen LogP) is 1.07. The summed E-state index contributed by atoms with van der Waals surface area (Å²) in [6.45, 7) is 11.3. The molecule has 0 unspecified atom stereocenters. The summed E-state index contributed by atoms with van der Waals surface area (Å²) in [4.78, 5) is 23.1. The number of hydrogen-bond donors (Lipinski definition) is 2. The number of nitrogens with zero attached hydrogens (tertiary/aromatic N) is 4. The summed E-state index contributed by atoms with van der Waals surface area (Å²) >= 11 is 0. The van der Waals surface area contributed by atoms with Gasteiger partial charge in [-0.3, -0.25) is 14.7 Å². The maximum absolute atomic E-state index is 12.3. The van der Waals surface area contributed by atoms with E-state index in [1.54, 1.807) is 11.0 Å². The van der Waals surface area contributed by atoms with Gasteiger partial charge in [-0.05, 0) is 37.3 Å². The Bertz CT molecular complexity index is 764. The number of amidine groups is 1. The van der Waals surface area contributed by atoms with Crippen molar-refractivity contribution in [3.8, 4) is 0 Å². The zero-order valence-corrected chi connectivity index (χ0v) is 17.2. The minimum Gasteiger partial charge on any atom is -0.395 e. The topological polar surface area (TPSA) is 71.4 Å². The van der Waals surface area contributed by atoms with E-state index in [0.29, 0.717) is 26.2 Å². The van der Waals surface area contributed by atoms with Crippen LogP contribution >= 0.6 is 0 Å². The molecule has 2 N–H and O–H groups in total. The lowest BCUT2D eigenvalue weighted by molar-refractivity contribution is -0.132. The number of carbonyl (C=O) groups is 1. The smallest absolute Gasteiger partial charge is 0.236 e. The molecule has 1 fully saturated rings. The number of aliphatic hydroxyl groups is 1. The quantitative estimate of drug-likeness (QED) is 0.687. The SMILES string of the molecule is C=C/C=C1\CN=C(c2ccc(N3CCN(CC(=O)N(CC)CCO)CC3)cc2)N1. The Kier molecular flexibility index (Phi) is 7.43.